The minimum atomic E-state index is -0.395. The number of rotatable bonds is 6. The number of nitrogens with zero attached hydrogens (tertiary/aromatic N) is 1. The highest BCUT2D eigenvalue weighted by molar-refractivity contribution is 5.98. The Balaban J connectivity index is 1.50. The lowest BCUT2D eigenvalue weighted by molar-refractivity contribution is -0.128. The van der Waals surface area contributed by atoms with Gasteiger partial charge in [-0.2, -0.15) is 5.26 Å². The number of carbonyl (C=O) groups excluding carboxylic acids is 2. The van der Waals surface area contributed by atoms with Gasteiger partial charge in [0.2, 0.25) is 5.91 Å². The average molecular weight is 412 g/mol. The van der Waals surface area contributed by atoms with Crippen molar-refractivity contribution in [1.82, 2.24) is 10.6 Å². The lowest BCUT2D eigenvalue weighted by Gasteiger charge is -2.39. The molecule has 0 radical (unpaired) electrons. The first-order chi connectivity index (χ1) is 14.3. The van der Waals surface area contributed by atoms with Gasteiger partial charge in [-0.3, -0.25) is 9.59 Å². The van der Waals surface area contributed by atoms with E-state index in [1.54, 1.807) is 0 Å². The molecule has 3 saturated carbocycles. The maximum atomic E-state index is 13.0. The fraction of sp³-hybridized carbons (Fsp3) is 0.609. The van der Waals surface area contributed by atoms with E-state index in [1.807, 2.05) is 6.07 Å². The number of nitrogens with one attached hydrogen (secondary N) is 2. The Labute approximate surface area is 176 Å². The van der Waals surface area contributed by atoms with Gasteiger partial charge in [0.15, 0.2) is 0 Å². The largest absolute Gasteiger partial charge is 0.507 e. The van der Waals surface area contributed by atoms with Crippen LogP contribution in [0, 0.1) is 34.5 Å². The number of methoxy groups -OCH3 is 1. The summed E-state index contributed by atoms with van der Waals surface area (Å²) in [4.78, 5) is 26.1. The van der Waals surface area contributed by atoms with Crippen molar-refractivity contribution in [3.05, 3.63) is 23.3 Å². The van der Waals surface area contributed by atoms with Gasteiger partial charge in [0.1, 0.15) is 17.6 Å². The Hall–Kier alpha value is -2.75. The summed E-state index contributed by atoms with van der Waals surface area (Å²) in [6.45, 7) is 2.90. The number of fused-ring (bicyclic) bond motifs is 2. The number of benzene rings is 1. The second-order valence-electron chi connectivity index (χ2n) is 9.42. The Morgan fingerprint density at radius 3 is 2.67 bits per heavy atom. The number of phenols is 1. The minimum Gasteiger partial charge on any atom is -0.507 e. The van der Waals surface area contributed by atoms with E-state index in [1.165, 1.54) is 25.7 Å². The Kier molecular flexibility index (Phi) is 5.35. The van der Waals surface area contributed by atoms with Gasteiger partial charge in [0.25, 0.3) is 5.91 Å². The molecule has 1 aromatic rings. The summed E-state index contributed by atoms with van der Waals surface area (Å²) in [6, 6.07) is 4.26. The monoisotopic (exact) mass is 411 g/mol. The molecule has 4 rings (SSSR count). The van der Waals surface area contributed by atoms with Crippen LogP contribution in [0.25, 0.3) is 0 Å². The molecule has 4 atom stereocenters. The van der Waals surface area contributed by atoms with Gasteiger partial charge < -0.3 is 20.5 Å². The van der Waals surface area contributed by atoms with Crippen LogP contribution in [0.15, 0.2) is 12.1 Å². The third kappa shape index (κ3) is 3.60. The minimum absolute atomic E-state index is 0.0373. The molecule has 0 heterocycles. The average Bonchev–Trinajstić information content (AvgIpc) is 3.32. The van der Waals surface area contributed by atoms with Crippen LogP contribution in [0.3, 0.4) is 0 Å². The lowest BCUT2D eigenvalue weighted by atomic mass is 9.70. The van der Waals surface area contributed by atoms with E-state index in [2.05, 4.69) is 17.6 Å². The van der Waals surface area contributed by atoms with Crippen LogP contribution in [0.4, 0.5) is 0 Å². The third-order valence-electron chi connectivity index (χ3n) is 7.45. The molecular weight excluding hydrogens is 382 g/mol. The maximum absolute atomic E-state index is 13.0. The number of hydrogen-bond donors (Lipinski definition) is 3. The Bertz CT molecular complexity index is 902. The molecule has 2 amide bonds. The zero-order valence-corrected chi connectivity index (χ0v) is 17.5. The summed E-state index contributed by atoms with van der Waals surface area (Å²) in [6.07, 6.45) is 6.49. The van der Waals surface area contributed by atoms with Crippen LogP contribution in [-0.4, -0.2) is 36.6 Å². The van der Waals surface area contributed by atoms with Crippen molar-refractivity contribution in [2.75, 3.05) is 13.7 Å². The summed E-state index contributed by atoms with van der Waals surface area (Å²) < 4.78 is 5.26. The smallest absolute Gasteiger partial charge is 0.255 e. The highest BCUT2D eigenvalue weighted by atomic mass is 16.5. The number of nitriles is 1. The third-order valence-corrected chi connectivity index (χ3v) is 7.45. The van der Waals surface area contributed by atoms with Crippen molar-refractivity contribution >= 4 is 11.8 Å². The van der Waals surface area contributed by atoms with Gasteiger partial charge in [0, 0.05) is 18.7 Å². The predicted molar refractivity (Wildman–Crippen MR) is 110 cm³/mol. The molecule has 30 heavy (non-hydrogen) atoms. The molecule has 7 nitrogen and oxygen atoms in total. The first kappa shape index (κ1) is 20.5. The van der Waals surface area contributed by atoms with E-state index in [9.17, 15) is 14.7 Å². The van der Waals surface area contributed by atoms with Gasteiger partial charge in [-0.1, -0.05) is 13.3 Å². The molecular formula is C23H29N3O4. The molecule has 3 fully saturated rings. The fourth-order valence-electron chi connectivity index (χ4n) is 5.49. The first-order valence-electron chi connectivity index (χ1n) is 10.7. The predicted octanol–water partition coefficient (Wildman–Crippen LogP) is 2.72. The number of phenolic OH excluding ortho intramolecular Hbond substituents is 1. The molecule has 0 spiro atoms. The lowest BCUT2D eigenvalue weighted by Crippen LogP contribution is -2.51. The fourth-order valence-corrected chi connectivity index (χ4v) is 5.49. The SMILES string of the molecule is COc1cc(C#N)c(O)cc1C(=O)N[C@@H]1[C@H]2CC[C@H](C2)[C@@H]1C(=O)NCC1(C)CCC1. The first-order valence-corrected chi connectivity index (χ1v) is 10.7. The molecule has 1 aromatic carbocycles. The standard InChI is InChI=1S/C23H29N3O4/c1-23(6-3-7-23)12-25-22(29)19-13-4-5-14(8-13)20(19)26-21(28)16-10-17(27)15(11-24)9-18(16)30-2/h9-10,13-14,19-20,27H,3-8,12H2,1-2H3,(H,25,29)(H,26,28)/t13-,14+,19+,20-/m1/s1. The molecule has 7 heteroatoms. The topological polar surface area (TPSA) is 111 Å². The summed E-state index contributed by atoms with van der Waals surface area (Å²) >= 11 is 0. The van der Waals surface area contributed by atoms with Crippen LogP contribution in [-0.2, 0) is 4.79 Å². The van der Waals surface area contributed by atoms with Crippen molar-refractivity contribution < 1.29 is 19.4 Å². The number of carbonyl (C=O) groups is 2. The zero-order chi connectivity index (χ0) is 21.5. The van der Waals surface area contributed by atoms with Crippen LogP contribution < -0.4 is 15.4 Å². The molecule has 0 aromatic heterocycles. The van der Waals surface area contributed by atoms with Crippen LogP contribution in [0.1, 0.15) is 61.4 Å². The van der Waals surface area contributed by atoms with E-state index in [4.69, 9.17) is 10.00 Å². The quantitative estimate of drug-likeness (QED) is 0.666. The van der Waals surface area contributed by atoms with Crippen molar-refractivity contribution in [2.45, 2.75) is 51.5 Å². The normalized spacial score (nSPS) is 28.3. The summed E-state index contributed by atoms with van der Waals surface area (Å²) in [5, 5.41) is 25.3. The molecule has 160 valence electrons. The highest BCUT2D eigenvalue weighted by Gasteiger charge is 2.51. The highest BCUT2D eigenvalue weighted by Crippen LogP contribution is 2.49. The molecule has 0 aliphatic heterocycles. The van der Waals surface area contributed by atoms with Crippen molar-refractivity contribution in [3.8, 4) is 17.6 Å². The molecule has 2 bridgehead atoms. The molecule has 0 saturated heterocycles. The van der Waals surface area contributed by atoms with Crippen molar-refractivity contribution in [3.63, 3.8) is 0 Å². The molecule has 3 N–H and O–H groups in total. The van der Waals surface area contributed by atoms with E-state index in [0.29, 0.717) is 12.5 Å². The summed E-state index contributed by atoms with van der Waals surface area (Å²) in [5.41, 5.74) is 0.419. The van der Waals surface area contributed by atoms with Crippen LogP contribution >= 0.6 is 0 Å². The number of aromatic hydroxyl groups is 1. The number of hydrogen-bond acceptors (Lipinski definition) is 5. The van der Waals surface area contributed by atoms with Gasteiger partial charge >= 0.3 is 0 Å². The number of ether oxygens (including phenoxy) is 1. The van der Waals surface area contributed by atoms with Crippen LogP contribution in [0.2, 0.25) is 0 Å². The van der Waals surface area contributed by atoms with E-state index < -0.39 is 5.91 Å². The molecule has 0 unspecified atom stereocenters. The number of amides is 2. The second-order valence-corrected chi connectivity index (χ2v) is 9.42. The van der Waals surface area contributed by atoms with Gasteiger partial charge in [0.05, 0.1) is 24.2 Å². The molecule has 3 aliphatic rings. The van der Waals surface area contributed by atoms with E-state index in [-0.39, 0.29) is 51.8 Å². The summed E-state index contributed by atoms with van der Waals surface area (Å²) in [7, 11) is 1.42. The Morgan fingerprint density at radius 2 is 2.03 bits per heavy atom. The van der Waals surface area contributed by atoms with Gasteiger partial charge in [-0.05, 0) is 55.4 Å². The Morgan fingerprint density at radius 1 is 1.30 bits per heavy atom. The summed E-state index contributed by atoms with van der Waals surface area (Å²) in [5.74, 6) is -0.0429. The van der Waals surface area contributed by atoms with E-state index >= 15 is 0 Å². The maximum Gasteiger partial charge on any atom is 0.255 e. The second kappa shape index (κ2) is 7.82. The van der Waals surface area contributed by atoms with Gasteiger partial charge in [-0.25, -0.2) is 0 Å². The van der Waals surface area contributed by atoms with Crippen LogP contribution in [0.5, 0.6) is 11.5 Å². The van der Waals surface area contributed by atoms with Gasteiger partial charge in [-0.15, -0.1) is 0 Å². The van der Waals surface area contributed by atoms with Crippen molar-refractivity contribution in [2.24, 2.45) is 23.2 Å². The molecule has 3 aliphatic carbocycles. The van der Waals surface area contributed by atoms with E-state index in [0.717, 1.165) is 32.1 Å². The van der Waals surface area contributed by atoms with Crippen molar-refractivity contribution in [1.29, 1.82) is 5.26 Å². The zero-order valence-electron chi connectivity index (χ0n) is 17.5.